The van der Waals surface area contributed by atoms with Gasteiger partial charge in [0.1, 0.15) is 5.82 Å². The fourth-order valence-electron chi connectivity index (χ4n) is 4.60. The third-order valence-corrected chi connectivity index (χ3v) is 6.10. The number of carbonyl (C=O) groups is 2. The lowest BCUT2D eigenvalue weighted by molar-refractivity contribution is -0.118. The summed E-state index contributed by atoms with van der Waals surface area (Å²) >= 11 is 0. The quantitative estimate of drug-likeness (QED) is 0.835. The zero-order valence-corrected chi connectivity index (χ0v) is 16.6. The number of benzene rings is 2. The number of anilines is 1. The Kier molecular flexibility index (Phi) is 5.37. The molecule has 0 aromatic heterocycles. The van der Waals surface area contributed by atoms with E-state index in [0.717, 1.165) is 38.2 Å². The molecule has 29 heavy (non-hydrogen) atoms. The molecule has 0 saturated carbocycles. The van der Waals surface area contributed by atoms with Crippen molar-refractivity contribution in [1.82, 2.24) is 10.2 Å². The molecule has 1 fully saturated rings. The topological polar surface area (TPSA) is 61.4 Å². The summed E-state index contributed by atoms with van der Waals surface area (Å²) in [5.41, 5.74) is 2.56. The second-order valence-corrected chi connectivity index (χ2v) is 8.23. The van der Waals surface area contributed by atoms with E-state index < -0.39 is 0 Å². The normalized spacial score (nSPS) is 19.3. The lowest BCUT2D eigenvalue weighted by Crippen LogP contribution is -2.50. The molecule has 6 heteroatoms. The van der Waals surface area contributed by atoms with Crippen LogP contribution in [0.4, 0.5) is 10.1 Å². The van der Waals surface area contributed by atoms with Crippen LogP contribution in [0.2, 0.25) is 0 Å². The molecular formula is C23H26FN3O2. The molecule has 2 aliphatic heterocycles. The zero-order chi connectivity index (χ0) is 20.4. The van der Waals surface area contributed by atoms with E-state index in [4.69, 9.17) is 0 Å². The molecule has 2 aromatic carbocycles. The molecule has 0 unspecified atom stereocenters. The second-order valence-electron chi connectivity index (χ2n) is 8.23. The van der Waals surface area contributed by atoms with Crippen LogP contribution in [0.25, 0.3) is 0 Å². The van der Waals surface area contributed by atoms with Gasteiger partial charge in [-0.2, -0.15) is 0 Å². The number of nitrogens with zero attached hydrogens (tertiary/aromatic N) is 1. The van der Waals surface area contributed by atoms with Gasteiger partial charge < -0.3 is 15.5 Å². The van der Waals surface area contributed by atoms with Gasteiger partial charge in [0.2, 0.25) is 5.91 Å². The summed E-state index contributed by atoms with van der Waals surface area (Å²) in [6, 6.07) is 13.7. The standard InChI is InChI=1S/C23H26FN3O2/c1-16(25-22(29)17-6-8-18(24)9-7-17)15-27-12-10-23(11-13-27)14-21(28)26-20-5-3-2-4-19(20)23/h2-9,16H,10-15H2,1H3,(H,25,29)(H,26,28)/t16-/m0/s1. The first-order valence-corrected chi connectivity index (χ1v) is 10.1. The minimum absolute atomic E-state index is 0.0245. The number of piperidine rings is 1. The maximum Gasteiger partial charge on any atom is 0.251 e. The van der Waals surface area contributed by atoms with Gasteiger partial charge in [-0.25, -0.2) is 4.39 Å². The van der Waals surface area contributed by atoms with Gasteiger partial charge >= 0.3 is 0 Å². The number of likely N-dealkylation sites (tertiary alicyclic amines) is 1. The van der Waals surface area contributed by atoms with Gasteiger partial charge in [0.05, 0.1) is 0 Å². The van der Waals surface area contributed by atoms with Crippen LogP contribution in [0, 0.1) is 5.82 Å². The van der Waals surface area contributed by atoms with Crippen LogP contribution in [0.3, 0.4) is 0 Å². The van der Waals surface area contributed by atoms with Gasteiger partial charge in [0, 0.05) is 35.7 Å². The van der Waals surface area contributed by atoms with Crippen molar-refractivity contribution in [1.29, 1.82) is 0 Å². The molecular weight excluding hydrogens is 369 g/mol. The smallest absolute Gasteiger partial charge is 0.251 e. The van der Waals surface area contributed by atoms with Gasteiger partial charge in [0.15, 0.2) is 0 Å². The van der Waals surface area contributed by atoms with E-state index in [1.807, 2.05) is 25.1 Å². The van der Waals surface area contributed by atoms with Crippen molar-refractivity contribution in [3.05, 3.63) is 65.5 Å². The fraction of sp³-hybridized carbons (Fsp3) is 0.391. The maximum atomic E-state index is 13.0. The van der Waals surface area contributed by atoms with Gasteiger partial charge in [-0.3, -0.25) is 9.59 Å². The predicted molar refractivity (Wildman–Crippen MR) is 110 cm³/mol. The minimum Gasteiger partial charge on any atom is -0.348 e. The molecule has 1 saturated heterocycles. The minimum atomic E-state index is -0.352. The molecule has 0 radical (unpaired) electrons. The number of nitrogens with one attached hydrogen (secondary N) is 2. The summed E-state index contributed by atoms with van der Waals surface area (Å²) in [6.45, 7) is 4.50. The highest BCUT2D eigenvalue weighted by Crippen LogP contribution is 2.44. The summed E-state index contributed by atoms with van der Waals surface area (Å²) in [4.78, 5) is 26.9. The Morgan fingerprint density at radius 3 is 2.59 bits per heavy atom. The molecule has 2 aromatic rings. The molecule has 5 nitrogen and oxygen atoms in total. The van der Waals surface area contributed by atoms with Crippen LogP contribution in [0.15, 0.2) is 48.5 Å². The van der Waals surface area contributed by atoms with E-state index in [-0.39, 0.29) is 29.1 Å². The molecule has 0 aliphatic carbocycles. The molecule has 2 heterocycles. The first-order chi connectivity index (χ1) is 13.9. The Labute approximate surface area is 170 Å². The first-order valence-electron chi connectivity index (χ1n) is 10.1. The Balaban J connectivity index is 1.35. The van der Waals surface area contributed by atoms with E-state index in [1.165, 1.54) is 29.8 Å². The third-order valence-electron chi connectivity index (χ3n) is 6.10. The summed E-state index contributed by atoms with van der Waals surface area (Å²) in [6.07, 6.45) is 2.39. The van der Waals surface area contributed by atoms with Crippen LogP contribution in [0.1, 0.15) is 42.1 Å². The van der Waals surface area contributed by atoms with E-state index in [9.17, 15) is 14.0 Å². The third kappa shape index (κ3) is 4.17. The summed E-state index contributed by atoms with van der Waals surface area (Å²) in [5.74, 6) is -0.448. The van der Waals surface area contributed by atoms with Gasteiger partial charge in [0.25, 0.3) is 5.91 Å². The van der Waals surface area contributed by atoms with Crippen molar-refractivity contribution in [2.75, 3.05) is 25.0 Å². The predicted octanol–water partition coefficient (Wildman–Crippen LogP) is 3.32. The molecule has 152 valence electrons. The van der Waals surface area contributed by atoms with E-state index in [2.05, 4.69) is 21.6 Å². The number of carbonyl (C=O) groups excluding carboxylic acids is 2. The van der Waals surface area contributed by atoms with E-state index >= 15 is 0 Å². The highest BCUT2D eigenvalue weighted by atomic mass is 19.1. The molecule has 2 N–H and O–H groups in total. The maximum absolute atomic E-state index is 13.0. The van der Waals surface area contributed by atoms with Crippen LogP contribution < -0.4 is 10.6 Å². The molecule has 4 rings (SSSR count). The number of rotatable bonds is 4. The summed E-state index contributed by atoms with van der Waals surface area (Å²) in [7, 11) is 0. The molecule has 0 bridgehead atoms. The van der Waals surface area contributed by atoms with E-state index in [0.29, 0.717) is 12.0 Å². The van der Waals surface area contributed by atoms with Crippen LogP contribution >= 0.6 is 0 Å². The number of hydrogen-bond acceptors (Lipinski definition) is 3. The van der Waals surface area contributed by atoms with Crippen molar-refractivity contribution in [2.45, 2.75) is 37.6 Å². The Morgan fingerprint density at radius 1 is 1.17 bits per heavy atom. The Bertz CT molecular complexity index is 905. The van der Waals surface area contributed by atoms with Crippen LogP contribution in [-0.4, -0.2) is 42.4 Å². The average molecular weight is 395 g/mol. The van der Waals surface area contributed by atoms with Crippen LogP contribution in [0.5, 0.6) is 0 Å². The second kappa shape index (κ2) is 7.95. The summed E-state index contributed by atoms with van der Waals surface area (Å²) in [5, 5.41) is 5.98. The highest BCUT2D eigenvalue weighted by Gasteiger charge is 2.42. The fourth-order valence-corrected chi connectivity index (χ4v) is 4.60. The SMILES string of the molecule is C[C@@H](CN1CCC2(CC1)CC(=O)Nc1ccccc12)NC(=O)c1ccc(F)cc1. The molecule has 2 aliphatic rings. The molecule has 1 spiro atoms. The largest absolute Gasteiger partial charge is 0.348 e. The lowest BCUT2D eigenvalue weighted by atomic mass is 9.68. The molecule has 2 amide bonds. The number of fused-ring (bicyclic) bond motifs is 2. The van der Waals surface area contributed by atoms with Crippen molar-refractivity contribution < 1.29 is 14.0 Å². The van der Waals surface area contributed by atoms with Gasteiger partial charge in [-0.1, -0.05) is 18.2 Å². The van der Waals surface area contributed by atoms with Crippen molar-refractivity contribution in [2.24, 2.45) is 0 Å². The lowest BCUT2D eigenvalue weighted by Gasteiger charge is -2.45. The number of halogens is 1. The van der Waals surface area contributed by atoms with Crippen LogP contribution in [-0.2, 0) is 10.2 Å². The molecule has 1 atom stereocenters. The van der Waals surface area contributed by atoms with Crippen molar-refractivity contribution in [3.8, 4) is 0 Å². The van der Waals surface area contributed by atoms with Crippen molar-refractivity contribution >= 4 is 17.5 Å². The van der Waals surface area contributed by atoms with E-state index in [1.54, 1.807) is 0 Å². The monoisotopic (exact) mass is 395 g/mol. The number of para-hydroxylation sites is 1. The zero-order valence-electron chi connectivity index (χ0n) is 16.6. The van der Waals surface area contributed by atoms with Gasteiger partial charge in [-0.05, 0) is 68.8 Å². The average Bonchev–Trinajstić information content (AvgIpc) is 2.70. The number of amides is 2. The Morgan fingerprint density at radius 2 is 1.86 bits per heavy atom. The Hall–Kier alpha value is -2.73. The van der Waals surface area contributed by atoms with Crippen molar-refractivity contribution in [3.63, 3.8) is 0 Å². The highest BCUT2D eigenvalue weighted by molar-refractivity contribution is 5.95. The summed E-state index contributed by atoms with van der Waals surface area (Å²) < 4.78 is 13.0. The number of hydrogen-bond donors (Lipinski definition) is 2. The van der Waals surface area contributed by atoms with Gasteiger partial charge in [-0.15, -0.1) is 0 Å². The first kappa shape index (κ1) is 19.6.